The third-order valence-corrected chi connectivity index (χ3v) is 5.68. The van der Waals surface area contributed by atoms with Crippen molar-refractivity contribution in [2.75, 3.05) is 31.8 Å². The Morgan fingerprint density at radius 3 is 2.11 bits per heavy atom. The van der Waals surface area contributed by atoms with Crippen LogP contribution in [0.2, 0.25) is 10.0 Å². The standard InChI is InChI=1S/C27H24Cl2FNO7/c1-4-36-24(32)15-31(27(34)37-5-2)18-12-21(28)26(22(29)13-18)38-19-10-11-23(35-3)20(14-19)25(33)16-6-8-17(30)9-7-16/h6-14H,4-5,15H2,1-3H3. The summed E-state index contributed by atoms with van der Waals surface area (Å²) in [6.45, 7) is 3.06. The van der Waals surface area contributed by atoms with Gasteiger partial charge in [-0.3, -0.25) is 14.5 Å². The number of nitrogens with zero attached hydrogens (tertiary/aromatic N) is 1. The summed E-state index contributed by atoms with van der Waals surface area (Å²) in [7, 11) is 1.41. The molecule has 200 valence electrons. The minimum absolute atomic E-state index is 0.0212. The molecule has 0 saturated carbocycles. The van der Waals surface area contributed by atoms with E-state index < -0.39 is 30.2 Å². The molecule has 0 saturated heterocycles. The number of esters is 1. The number of carbonyl (C=O) groups excluding carboxylic acids is 3. The molecule has 0 bridgehead atoms. The second kappa shape index (κ2) is 13.1. The van der Waals surface area contributed by atoms with Crippen LogP contribution in [0.15, 0.2) is 54.6 Å². The molecule has 0 N–H and O–H groups in total. The molecular weight excluding hydrogens is 540 g/mol. The number of benzene rings is 3. The van der Waals surface area contributed by atoms with Crippen molar-refractivity contribution in [2.45, 2.75) is 13.8 Å². The molecule has 0 aliphatic heterocycles. The monoisotopic (exact) mass is 563 g/mol. The maximum absolute atomic E-state index is 13.3. The van der Waals surface area contributed by atoms with E-state index in [0.717, 1.165) is 4.90 Å². The number of carbonyl (C=O) groups is 3. The Morgan fingerprint density at radius 1 is 0.895 bits per heavy atom. The van der Waals surface area contributed by atoms with Gasteiger partial charge in [-0.2, -0.15) is 0 Å². The van der Waals surface area contributed by atoms with Crippen LogP contribution in [0.3, 0.4) is 0 Å². The van der Waals surface area contributed by atoms with Crippen molar-refractivity contribution in [1.82, 2.24) is 0 Å². The summed E-state index contributed by atoms with van der Waals surface area (Å²) in [4.78, 5) is 38.6. The lowest BCUT2D eigenvalue weighted by molar-refractivity contribution is -0.141. The normalized spacial score (nSPS) is 10.5. The van der Waals surface area contributed by atoms with E-state index in [-0.39, 0.29) is 57.3 Å². The number of methoxy groups -OCH3 is 1. The highest BCUT2D eigenvalue weighted by atomic mass is 35.5. The van der Waals surface area contributed by atoms with Crippen molar-refractivity contribution in [3.05, 3.63) is 81.6 Å². The summed E-state index contributed by atoms with van der Waals surface area (Å²) < 4.78 is 34.5. The first kappa shape index (κ1) is 28.7. The van der Waals surface area contributed by atoms with Crippen LogP contribution >= 0.6 is 23.2 Å². The Bertz CT molecular complexity index is 1310. The van der Waals surface area contributed by atoms with Crippen LogP contribution in [0.25, 0.3) is 0 Å². The predicted octanol–water partition coefficient (Wildman–Crippen LogP) is 6.69. The van der Waals surface area contributed by atoms with Gasteiger partial charge in [0.1, 0.15) is 23.9 Å². The molecule has 8 nitrogen and oxygen atoms in total. The number of ether oxygens (including phenoxy) is 4. The molecule has 0 aliphatic rings. The molecule has 0 radical (unpaired) electrons. The number of amides is 1. The van der Waals surface area contributed by atoms with Crippen LogP contribution in [-0.2, 0) is 14.3 Å². The van der Waals surface area contributed by atoms with Gasteiger partial charge in [0.05, 0.1) is 41.6 Å². The summed E-state index contributed by atoms with van der Waals surface area (Å²) in [5, 5.41) is 0.0424. The average Bonchev–Trinajstić information content (AvgIpc) is 2.89. The highest BCUT2D eigenvalue weighted by molar-refractivity contribution is 6.37. The SMILES string of the molecule is CCOC(=O)CN(C(=O)OCC)c1cc(Cl)c(Oc2ccc(OC)c(C(=O)c3ccc(F)cc3)c2)c(Cl)c1. The minimum atomic E-state index is -0.791. The van der Waals surface area contributed by atoms with Crippen molar-refractivity contribution in [3.63, 3.8) is 0 Å². The average molecular weight is 564 g/mol. The molecule has 3 aromatic carbocycles. The van der Waals surface area contributed by atoms with Crippen LogP contribution in [0.4, 0.5) is 14.9 Å². The number of rotatable bonds is 10. The summed E-state index contributed by atoms with van der Waals surface area (Å²) >= 11 is 12.9. The van der Waals surface area contributed by atoms with E-state index >= 15 is 0 Å². The maximum atomic E-state index is 13.3. The zero-order chi connectivity index (χ0) is 27.8. The Kier molecular flexibility index (Phi) is 9.92. The Balaban J connectivity index is 1.94. The summed E-state index contributed by atoms with van der Waals surface area (Å²) in [5.41, 5.74) is 0.604. The zero-order valence-corrected chi connectivity index (χ0v) is 22.3. The Labute approximate surface area is 228 Å². The lowest BCUT2D eigenvalue weighted by Gasteiger charge is -2.22. The topological polar surface area (TPSA) is 91.4 Å². The first-order chi connectivity index (χ1) is 18.2. The minimum Gasteiger partial charge on any atom is -0.496 e. The largest absolute Gasteiger partial charge is 0.496 e. The van der Waals surface area contributed by atoms with Gasteiger partial charge in [-0.1, -0.05) is 23.2 Å². The van der Waals surface area contributed by atoms with Gasteiger partial charge in [0, 0.05) is 5.56 Å². The summed E-state index contributed by atoms with van der Waals surface area (Å²) in [6.07, 6.45) is -0.791. The number of halogens is 3. The van der Waals surface area contributed by atoms with E-state index in [1.165, 1.54) is 55.6 Å². The summed E-state index contributed by atoms with van der Waals surface area (Å²) in [5.74, 6) is -0.997. The lowest BCUT2D eigenvalue weighted by Crippen LogP contribution is -2.37. The van der Waals surface area contributed by atoms with Gasteiger partial charge in [0.2, 0.25) is 0 Å². The molecule has 3 aromatic rings. The van der Waals surface area contributed by atoms with E-state index in [1.807, 2.05) is 0 Å². The third-order valence-electron chi connectivity index (χ3n) is 5.12. The van der Waals surface area contributed by atoms with Gasteiger partial charge >= 0.3 is 12.1 Å². The number of ketones is 1. The van der Waals surface area contributed by atoms with E-state index in [2.05, 4.69) is 0 Å². The summed E-state index contributed by atoms with van der Waals surface area (Å²) in [6, 6.07) is 12.4. The first-order valence-electron chi connectivity index (χ1n) is 11.4. The van der Waals surface area contributed by atoms with Crippen LogP contribution in [0.5, 0.6) is 17.2 Å². The molecule has 3 rings (SSSR count). The van der Waals surface area contributed by atoms with Gasteiger partial charge < -0.3 is 18.9 Å². The van der Waals surface area contributed by atoms with Crippen LogP contribution in [0.1, 0.15) is 29.8 Å². The molecule has 0 aliphatic carbocycles. The molecule has 1 amide bonds. The molecule has 0 spiro atoms. The second-order valence-corrected chi connectivity index (χ2v) is 8.44. The molecule has 0 atom stereocenters. The zero-order valence-electron chi connectivity index (χ0n) is 20.8. The fourth-order valence-corrected chi connectivity index (χ4v) is 3.95. The Morgan fingerprint density at radius 2 is 1.53 bits per heavy atom. The highest BCUT2D eigenvalue weighted by Gasteiger charge is 2.24. The van der Waals surface area contributed by atoms with E-state index in [9.17, 15) is 18.8 Å². The third kappa shape index (κ3) is 6.93. The molecule has 38 heavy (non-hydrogen) atoms. The second-order valence-electron chi connectivity index (χ2n) is 7.63. The Hall–Kier alpha value is -3.82. The highest BCUT2D eigenvalue weighted by Crippen LogP contribution is 2.41. The lowest BCUT2D eigenvalue weighted by atomic mass is 10.0. The van der Waals surface area contributed by atoms with Crippen LogP contribution in [-0.4, -0.2) is 44.7 Å². The van der Waals surface area contributed by atoms with Crippen molar-refractivity contribution in [3.8, 4) is 17.2 Å². The van der Waals surface area contributed by atoms with Gasteiger partial charge in [-0.15, -0.1) is 0 Å². The molecule has 0 fully saturated rings. The van der Waals surface area contributed by atoms with Gasteiger partial charge in [-0.25, -0.2) is 9.18 Å². The van der Waals surface area contributed by atoms with Gasteiger partial charge in [-0.05, 0) is 68.4 Å². The molecule has 11 heteroatoms. The van der Waals surface area contributed by atoms with Gasteiger partial charge in [0.15, 0.2) is 11.5 Å². The predicted molar refractivity (Wildman–Crippen MR) is 140 cm³/mol. The van der Waals surface area contributed by atoms with E-state index in [0.29, 0.717) is 0 Å². The fourth-order valence-electron chi connectivity index (χ4n) is 3.40. The number of hydrogen-bond donors (Lipinski definition) is 0. The van der Waals surface area contributed by atoms with Gasteiger partial charge in [0.25, 0.3) is 0 Å². The number of anilines is 1. The quantitative estimate of drug-likeness (QED) is 0.200. The molecule has 0 heterocycles. The van der Waals surface area contributed by atoms with Crippen LogP contribution < -0.4 is 14.4 Å². The van der Waals surface area contributed by atoms with Crippen molar-refractivity contribution in [2.24, 2.45) is 0 Å². The van der Waals surface area contributed by atoms with Crippen LogP contribution in [0, 0.1) is 5.82 Å². The maximum Gasteiger partial charge on any atom is 0.414 e. The first-order valence-corrected chi connectivity index (χ1v) is 12.2. The van der Waals surface area contributed by atoms with E-state index in [4.69, 9.17) is 42.1 Å². The number of hydrogen-bond acceptors (Lipinski definition) is 7. The fraction of sp³-hybridized carbons (Fsp3) is 0.222. The van der Waals surface area contributed by atoms with Crippen molar-refractivity contribution >= 4 is 46.7 Å². The van der Waals surface area contributed by atoms with Crippen molar-refractivity contribution in [1.29, 1.82) is 0 Å². The molecular formula is C27H24Cl2FNO7. The molecule has 0 aromatic heterocycles. The smallest absolute Gasteiger partial charge is 0.414 e. The van der Waals surface area contributed by atoms with E-state index in [1.54, 1.807) is 19.9 Å². The van der Waals surface area contributed by atoms with Crippen molar-refractivity contribution < 1.29 is 37.7 Å². The molecule has 0 unspecified atom stereocenters.